The SMILES string of the molecule is Cc1cc(C(=O)N(Cc2cccnc2)c2nc3c(C)cccc3s2)n(C(C)C)n1. The molecule has 0 saturated carbocycles. The fourth-order valence-corrected chi connectivity index (χ4v) is 4.34. The first-order valence-corrected chi connectivity index (χ1v) is 10.4. The zero-order valence-corrected chi connectivity index (χ0v) is 17.8. The summed E-state index contributed by atoms with van der Waals surface area (Å²) in [6.45, 7) is 8.39. The van der Waals surface area contributed by atoms with Gasteiger partial charge in [0.05, 0.1) is 22.5 Å². The molecule has 0 N–H and O–H groups in total. The number of fused-ring (bicyclic) bond motifs is 1. The van der Waals surface area contributed by atoms with Gasteiger partial charge in [-0.25, -0.2) is 4.98 Å². The molecule has 0 spiro atoms. The Balaban J connectivity index is 1.81. The second kappa shape index (κ2) is 7.75. The number of amides is 1. The molecule has 0 aliphatic carbocycles. The summed E-state index contributed by atoms with van der Waals surface area (Å²) in [6.07, 6.45) is 3.51. The van der Waals surface area contributed by atoms with E-state index in [4.69, 9.17) is 4.98 Å². The van der Waals surface area contributed by atoms with Gasteiger partial charge in [0.1, 0.15) is 5.69 Å². The summed E-state index contributed by atoms with van der Waals surface area (Å²) in [7, 11) is 0. The third kappa shape index (κ3) is 3.78. The van der Waals surface area contributed by atoms with Gasteiger partial charge in [-0.1, -0.05) is 29.5 Å². The van der Waals surface area contributed by atoms with E-state index in [0.29, 0.717) is 17.4 Å². The van der Waals surface area contributed by atoms with Gasteiger partial charge in [0.15, 0.2) is 5.13 Å². The number of hydrogen-bond acceptors (Lipinski definition) is 5. The van der Waals surface area contributed by atoms with E-state index in [1.54, 1.807) is 22.0 Å². The quantitative estimate of drug-likeness (QED) is 0.472. The van der Waals surface area contributed by atoms with Crippen molar-refractivity contribution in [3.8, 4) is 0 Å². The van der Waals surface area contributed by atoms with E-state index in [0.717, 1.165) is 27.0 Å². The molecule has 0 atom stereocenters. The smallest absolute Gasteiger partial charge is 0.278 e. The second-order valence-corrected chi connectivity index (χ2v) is 8.39. The molecule has 7 heteroatoms. The fourth-order valence-electron chi connectivity index (χ4n) is 3.30. The van der Waals surface area contributed by atoms with Crippen molar-refractivity contribution in [2.24, 2.45) is 0 Å². The van der Waals surface area contributed by atoms with Crippen molar-refractivity contribution in [2.75, 3.05) is 4.90 Å². The average molecular weight is 406 g/mol. The van der Waals surface area contributed by atoms with Crippen molar-refractivity contribution in [1.29, 1.82) is 0 Å². The highest BCUT2D eigenvalue weighted by atomic mass is 32.1. The minimum Gasteiger partial charge on any atom is -0.278 e. The molecule has 0 saturated heterocycles. The van der Waals surface area contributed by atoms with Gasteiger partial charge in [0.2, 0.25) is 0 Å². The number of rotatable bonds is 5. The summed E-state index contributed by atoms with van der Waals surface area (Å²) >= 11 is 1.53. The maximum Gasteiger partial charge on any atom is 0.278 e. The van der Waals surface area contributed by atoms with Crippen LogP contribution in [0.4, 0.5) is 5.13 Å². The second-order valence-electron chi connectivity index (χ2n) is 7.38. The van der Waals surface area contributed by atoms with Crippen LogP contribution in [0.2, 0.25) is 0 Å². The monoisotopic (exact) mass is 405 g/mol. The summed E-state index contributed by atoms with van der Waals surface area (Å²) < 4.78 is 2.85. The Morgan fingerprint density at radius 2 is 2.03 bits per heavy atom. The number of benzene rings is 1. The number of hydrogen-bond donors (Lipinski definition) is 0. The van der Waals surface area contributed by atoms with E-state index >= 15 is 0 Å². The van der Waals surface area contributed by atoms with E-state index in [2.05, 4.69) is 10.1 Å². The molecule has 148 valence electrons. The van der Waals surface area contributed by atoms with Crippen molar-refractivity contribution in [1.82, 2.24) is 19.7 Å². The highest BCUT2D eigenvalue weighted by Crippen LogP contribution is 2.32. The molecule has 4 aromatic rings. The van der Waals surface area contributed by atoms with Crippen molar-refractivity contribution >= 4 is 32.6 Å². The van der Waals surface area contributed by atoms with Gasteiger partial charge in [-0.05, 0) is 57.0 Å². The lowest BCUT2D eigenvalue weighted by Gasteiger charge is -2.21. The summed E-state index contributed by atoms with van der Waals surface area (Å²) in [5, 5.41) is 5.19. The van der Waals surface area contributed by atoms with Crippen LogP contribution in [0.1, 0.15) is 47.2 Å². The van der Waals surface area contributed by atoms with Crippen LogP contribution in [0.25, 0.3) is 10.2 Å². The predicted octanol–water partition coefficient (Wildman–Crippen LogP) is 4.93. The number of thiazole rings is 1. The van der Waals surface area contributed by atoms with Gasteiger partial charge >= 0.3 is 0 Å². The molecule has 1 amide bonds. The van der Waals surface area contributed by atoms with Gasteiger partial charge in [-0.15, -0.1) is 0 Å². The van der Waals surface area contributed by atoms with Crippen LogP contribution in [-0.4, -0.2) is 25.7 Å². The molecule has 4 rings (SSSR count). The molecule has 3 aromatic heterocycles. The Morgan fingerprint density at radius 3 is 2.72 bits per heavy atom. The molecule has 29 heavy (non-hydrogen) atoms. The number of aromatic nitrogens is 4. The number of carbonyl (C=O) groups excluding carboxylic acids is 1. The maximum atomic E-state index is 13.7. The van der Waals surface area contributed by atoms with Crippen molar-refractivity contribution < 1.29 is 4.79 Å². The molecule has 0 radical (unpaired) electrons. The first-order valence-electron chi connectivity index (χ1n) is 9.57. The van der Waals surface area contributed by atoms with E-state index < -0.39 is 0 Å². The van der Waals surface area contributed by atoms with E-state index in [9.17, 15) is 4.79 Å². The lowest BCUT2D eigenvalue weighted by atomic mass is 10.2. The van der Waals surface area contributed by atoms with Crippen molar-refractivity contribution in [3.63, 3.8) is 0 Å². The largest absolute Gasteiger partial charge is 0.278 e. The molecular formula is C22H23N5OS. The Morgan fingerprint density at radius 1 is 1.21 bits per heavy atom. The average Bonchev–Trinajstić information content (AvgIpc) is 3.31. The number of anilines is 1. The number of para-hydroxylation sites is 1. The third-order valence-corrected chi connectivity index (χ3v) is 5.76. The summed E-state index contributed by atoms with van der Waals surface area (Å²) in [4.78, 5) is 24.4. The van der Waals surface area contributed by atoms with Gasteiger partial charge in [0, 0.05) is 18.4 Å². The topological polar surface area (TPSA) is 63.9 Å². The Kier molecular flexibility index (Phi) is 5.15. The summed E-state index contributed by atoms with van der Waals surface area (Å²) in [6, 6.07) is 11.9. The van der Waals surface area contributed by atoms with Crippen LogP contribution >= 0.6 is 11.3 Å². The zero-order valence-electron chi connectivity index (χ0n) is 17.0. The highest BCUT2D eigenvalue weighted by Gasteiger charge is 2.26. The normalized spacial score (nSPS) is 11.3. The van der Waals surface area contributed by atoms with Crippen LogP contribution in [0.5, 0.6) is 0 Å². The van der Waals surface area contributed by atoms with Crippen LogP contribution in [-0.2, 0) is 6.54 Å². The first kappa shape index (κ1) is 19.3. The Labute approximate surface area is 173 Å². The Bertz CT molecular complexity index is 1160. The molecule has 0 aliphatic rings. The van der Waals surface area contributed by atoms with Crippen LogP contribution in [0.15, 0.2) is 48.8 Å². The molecule has 0 unspecified atom stereocenters. The maximum absolute atomic E-state index is 13.7. The third-order valence-electron chi connectivity index (χ3n) is 4.72. The summed E-state index contributed by atoms with van der Waals surface area (Å²) in [5.41, 5.74) is 4.37. The fraction of sp³-hybridized carbons (Fsp3) is 0.273. The van der Waals surface area contributed by atoms with Gasteiger partial charge in [0.25, 0.3) is 5.91 Å². The summed E-state index contributed by atoms with van der Waals surface area (Å²) in [5.74, 6) is -0.111. The molecule has 0 bridgehead atoms. The van der Waals surface area contributed by atoms with Crippen LogP contribution in [0, 0.1) is 13.8 Å². The number of aryl methyl sites for hydroxylation is 2. The van der Waals surface area contributed by atoms with E-state index in [-0.39, 0.29) is 11.9 Å². The van der Waals surface area contributed by atoms with Gasteiger partial charge in [-0.3, -0.25) is 19.4 Å². The molecular weight excluding hydrogens is 382 g/mol. The lowest BCUT2D eigenvalue weighted by molar-refractivity contribution is 0.0973. The number of carbonyl (C=O) groups is 1. The van der Waals surface area contributed by atoms with Crippen molar-refractivity contribution in [3.05, 3.63) is 71.3 Å². The van der Waals surface area contributed by atoms with Crippen LogP contribution in [0.3, 0.4) is 0 Å². The minimum absolute atomic E-state index is 0.0838. The first-order chi connectivity index (χ1) is 13.9. The van der Waals surface area contributed by atoms with Crippen molar-refractivity contribution in [2.45, 2.75) is 40.3 Å². The number of pyridine rings is 1. The molecule has 6 nitrogen and oxygen atoms in total. The molecule has 0 fully saturated rings. The Hall–Kier alpha value is -3.06. The van der Waals surface area contributed by atoms with E-state index in [1.165, 1.54) is 11.3 Å². The zero-order chi connectivity index (χ0) is 20.5. The molecule has 0 aliphatic heterocycles. The predicted molar refractivity (Wildman–Crippen MR) is 116 cm³/mol. The molecule has 3 heterocycles. The van der Waals surface area contributed by atoms with Gasteiger partial charge < -0.3 is 0 Å². The number of nitrogens with zero attached hydrogens (tertiary/aromatic N) is 5. The lowest BCUT2D eigenvalue weighted by Crippen LogP contribution is -2.32. The molecule has 1 aromatic carbocycles. The minimum atomic E-state index is -0.111. The van der Waals surface area contributed by atoms with E-state index in [1.807, 2.05) is 64.1 Å². The highest BCUT2D eigenvalue weighted by molar-refractivity contribution is 7.22. The van der Waals surface area contributed by atoms with Gasteiger partial charge in [-0.2, -0.15) is 5.10 Å². The van der Waals surface area contributed by atoms with Crippen LogP contribution < -0.4 is 4.90 Å². The standard InChI is InChI=1S/C22H23N5OS/c1-14(2)27-18(11-16(4)25-27)21(28)26(13-17-8-6-10-23-12-17)22-24-20-15(3)7-5-9-19(20)29-22/h5-12,14H,13H2,1-4H3.